The highest BCUT2D eigenvalue weighted by Gasteiger charge is 2.22. The van der Waals surface area contributed by atoms with Crippen LogP contribution in [-0.4, -0.2) is 28.2 Å². The Labute approximate surface area is 165 Å². The minimum atomic E-state index is -1.06. The molecule has 3 aromatic carbocycles. The zero-order valence-electron chi connectivity index (χ0n) is 15.5. The molecule has 0 saturated heterocycles. The van der Waals surface area contributed by atoms with Crippen LogP contribution in [0.5, 0.6) is 0 Å². The van der Waals surface area contributed by atoms with Gasteiger partial charge in [0.25, 0.3) is 11.5 Å². The van der Waals surface area contributed by atoms with E-state index in [1.165, 1.54) is 6.92 Å². The average Bonchev–Trinajstić information content (AvgIpc) is 2.74. The molecule has 1 atom stereocenters. The topological polar surface area (TPSA) is 101 Å². The monoisotopic (exact) mass is 387 g/mol. The van der Waals surface area contributed by atoms with E-state index in [1.54, 1.807) is 30.3 Å². The summed E-state index contributed by atoms with van der Waals surface area (Å²) < 4.78 is 5.29. The molecule has 2 N–H and O–H groups in total. The fourth-order valence-corrected chi connectivity index (χ4v) is 3.11. The summed E-state index contributed by atoms with van der Waals surface area (Å²) in [6.07, 6.45) is -1.06. The Bertz CT molecular complexity index is 1290. The number of anilines is 1. The second kappa shape index (κ2) is 7.55. The number of hydrogen-bond donors (Lipinski definition) is 2. The van der Waals surface area contributed by atoms with Crippen molar-refractivity contribution in [2.24, 2.45) is 0 Å². The Morgan fingerprint density at radius 2 is 1.59 bits per heavy atom. The van der Waals surface area contributed by atoms with Gasteiger partial charge in [-0.25, -0.2) is 9.89 Å². The van der Waals surface area contributed by atoms with Crippen molar-refractivity contribution in [3.63, 3.8) is 0 Å². The van der Waals surface area contributed by atoms with Crippen molar-refractivity contribution in [2.45, 2.75) is 13.0 Å². The van der Waals surface area contributed by atoms with Crippen LogP contribution in [0.25, 0.3) is 21.5 Å². The molecular weight excluding hydrogens is 370 g/mol. The van der Waals surface area contributed by atoms with Gasteiger partial charge in [-0.2, -0.15) is 5.10 Å². The first-order chi connectivity index (χ1) is 14.0. The third-order valence-corrected chi connectivity index (χ3v) is 4.59. The molecule has 0 saturated carbocycles. The highest BCUT2D eigenvalue weighted by atomic mass is 16.5. The summed E-state index contributed by atoms with van der Waals surface area (Å²) in [5, 5.41) is 11.4. The van der Waals surface area contributed by atoms with Crippen LogP contribution in [0.4, 0.5) is 5.69 Å². The van der Waals surface area contributed by atoms with Gasteiger partial charge in [0.15, 0.2) is 11.8 Å². The van der Waals surface area contributed by atoms with Gasteiger partial charge in [0, 0.05) is 16.5 Å². The number of carbonyl (C=O) groups excluding carboxylic acids is 2. The minimum absolute atomic E-state index is 0.0509. The number of fused-ring (bicyclic) bond motifs is 2. The Morgan fingerprint density at radius 1 is 0.931 bits per heavy atom. The van der Waals surface area contributed by atoms with Gasteiger partial charge in [-0.1, -0.05) is 54.6 Å². The third kappa shape index (κ3) is 3.58. The van der Waals surface area contributed by atoms with Crippen LogP contribution < -0.4 is 10.9 Å². The molecule has 1 amide bonds. The average molecular weight is 387 g/mol. The molecule has 0 aliphatic heterocycles. The summed E-state index contributed by atoms with van der Waals surface area (Å²) >= 11 is 0. The fourth-order valence-electron chi connectivity index (χ4n) is 3.11. The van der Waals surface area contributed by atoms with Gasteiger partial charge in [-0.3, -0.25) is 9.59 Å². The number of nitrogens with zero attached hydrogens (tertiary/aromatic N) is 1. The third-order valence-electron chi connectivity index (χ3n) is 4.59. The first-order valence-electron chi connectivity index (χ1n) is 9.01. The molecule has 0 bridgehead atoms. The SMILES string of the molecule is CC(OC(=O)c1n[nH]c(=O)c2ccccc12)C(=O)Nc1cccc2ccccc12. The number of hydrogen-bond acceptors (Lipinski definition) is 5. The summed E-state index contributed by atoms with van der Waals surface area (Å²) in [5.41, 5.74) is 0.174. The highest BCUT2D eigenvalue weighted by Crippen LogP contribution is 2.23. The normalized spacial score (nSPS) is 11.9. The van der Waals surface area contributed by atoms with E-state index in [-0.39, 0.29) is 5.69 Å². The summed E-state index contributed by atoms with van der Waals surface area (Å²) in [4.78, 5) is 37.0. The van der Waals surface area contributed by atoms with Gasteiger partial charge >= 0.3 is 5.97 Å². The number of carbonyl (C=O) groups is 2. The van der Waals surface area contributed by atoms with E-state index >= 15 is 0 Å². The number of benzene rings is 3. The van der Waals surface area contributed by atoms with Crippen LogP contribution in [-0.2, 0) is 9.53 Å². The molecule has 4 rings (SSSR count). The maximum absolute atomic E-state index is 12.6. The molecule has 0 fully saturated rings. The first-order valence-corrected chi connectivity index (χ1v) is 9.01. The summed E-state index contributed by atoms with van der Waals surface area (Å²) in [6.45, 7) is 1.48. The zero-order valence-corrected chi connectivity index (χ0v) is 15.5. The lowest BCUT2D eigenvalue weighted by Crippen LogP contribution is -2.30. The summed E-state index contributed by atoms with van der Waals surface area (Å²) in [6, 6.07) is 19.8. The molecule has 0 aliphatic carbocycles. The van der Waals surface area contributed by atoms with E-state index in [0.717, 1.165) is 10.8 Å². The molecule has 4 aromatic rings. The van der Waals surface area contributed by atoms with Crippen LogP contribution >= 0.6 is 0 Å². The molecule has 0 aliphatic rings. The lowest BCUT2D eigenvalue weighted by Gasteiger charge is -2.15. The smallest absolute Gasteiger partial charge is 0.360 e. The summed E-state index contributed by atoms with van der Waals surface area (Å²) in [5.74, 6) is -1.26. The van der Waals surface area contributed by atoms with Gasteiger partial charge in [-0.15, -0.1) is 0 Å². The Morgan fingerprint density at radius 3 is 2.38 bits per heavy atom. The molecule has 1 heterocycles. The van der Waals surface area contributed by atoms with Gasteiger partial charge in [0.05, 0.1) is 5.39 Å². The fraction of sp³-hybridized carbons (Fsp3) is 0.0909. The Hall–Kier alpha value is -4.00. The minimum Gasteiger partial charge on any atom is -0.448 e. The van der Waals surface area contributed by atoms with E-state index in [1.807, 2.05) is 36.4 Å². The summed E-state index contributed by atoms with van der Waals surface area (Å²) in [7, 11) is 0. The number of ether oxygens (including phenoxy) is 1. The largest absolute Gasteiger partial charge is 0.448 e. The maximum Gasteiger partial charge on any atom is 0.360 e. The standard InChI is InChI=1S/C22H17N3O4/c1-13(20(26)23-18-12-6-8-14-7-2-3-9-15(14)18)29-22(28)19-16-10-4-5-11-17(16)21(27)25-24-19/h2-13H,1H3,(H,23,26)(H,25,27). The number of aromatic nitrogens is 2. The zero-order chi connectivity index (χ0) is 20.4. The molecule has 1 aromatic heterocycles. The van der Waals surface area contributed by atoms with E-state index < -0.39 is 23.5 Å². The van der Waals surface area contributed by atoms with Crippen LogP contribution in [0, 0.1) is 0 Å². The van der Waals surface area contributed by atoms with E-state index in [2.05, 4.69) is 15.5 Å². The molecule has 29 heavy (non-hydrogen) atoms. The van der Waals surface area contributed by atoms with Crippen molar-refractivity contribution >= 4 is 39.1 Å². The molecular formula is C22H17N3O4. The number of rotatable bonds is 4. The van der Waals surface area contributed by atoms with Gasteiger partial charge in [0.1, 0.15) is 0 Å². The number of amides is 1. The maximum atomic E-state index is 12.6. The van der Waals surface area contributed by atoms with Crippen molar-refractivity contribution < 1.29 is 14.3 Å². The molecule has 0 radical (unpaired) electrons. The quantitative estimate of drug-likeness (QED) is 0.524. The lowest BCUT2D eigenvalue weighted by atomic mass is 10.1. The number of aromatic amines is 1. The second-order valence-electron chi connectivity index (χ2n) is 6.51. The van der Waals surface area contributed by atoms with Crippen LogP contribution in [0.2, 0.25) is 0 Å². The van der Waals surface area contributed by atoms with Gasteiger partial charge < -0.3 is 10.1 Å². The van der Waals surface area contributed by atoms with Crippen molar-refractivity contribution in [3.05, 3.63) is 82.8 Å². The number of H-pyrrole nitrogens is 1. The van der Waals surface area contributed by atoms with Crippen molar-refractivity contribution in [1.82, 2.24) is 10.2 Å². The highest BCUT2D eigenvalue weighted by molar-refractivity contribution is 6.06. The molecule has 7 nitrogen and oxygen atoms in total. The van der Waals surface area contributed by atoms with Crippen LogP contribution in [0.3, 0.4) is 0 Å². The van der Waals surface area contributed by atoms with Crippen molar-refractivity contribution in [2.75, 3.05) is 5.32 Å². The van der Waals surface area contributed by atoms with Gasteiger partial charge in [-0.05, 0) is 24.4 Å². The van der Waals surface area contributed by atoms with E-state index in [0.29, 0.717) is 16.5 Å². The van der Waals surface area contributed by atoms with Crippen LogP contribution in [0.1, 0.15) is 17.4 Å². The van der Waals surface area contributed by atoms with Gasteiger partial charge in [0.2, 0.25) is 0 Å². The van der Waals surface area contributed by atoms with Crippen molar-refractivity contribution in [3.8, 4) is 0 Å². The lowest BCUT2D eigenvalue weighted by molar-refractivity contribution is -0.123. The van der Waals surface area contributed by atoms with Crippen molar-refractivity contribution in [1.29, 1.82) is 0 Å². The van der Waals surface area contributed by atoms with E-state index in [4.69, 9.17) is 4.74 Å². The Balaban J connectivity index is 1.54. The first kappa shape index (κ1) is 18.4. The molecule has 144 valence electrons. The Kier molecular flexibility index (Phi) is 4.78. The number of nitrogens with one attached hydrogen (secondary N) is 2. The molecule has 7 heteroatoms. The second-order valence-corrected chi connectivity index (χ2v) is 6.51. The van der Waals surface area contributed by atoms with Crippen LogP contribution in [0.15, 0.2) is 71.5 Å². The molecule has 1 unspecified atom stereocenters. The van der Waals surface area contributed by atoms with E-state index in [9.17, 15) is 14.4 Å². The predicted octanol–water partition coefficient (Wildman–Crippen LogP) is 3.26. The predicted molar refractivity (Wildman–Crippen MR) is 110 cm³/mol. The molecule has 0 spiro atoms. The number of esters is 1.